The number of aromatic nitrogens is 5. The third kappa shape index (κ3) is 2.58. The molecule has 0 radical (unpaired) electrons. The van der Waals surface area contributed by atoms with E-state index in [0.29, 0.717) is 39.2 Å². The molecule has 0 amide bonds. The molecule has 3 aromatic heterocycles. The summed E-state index contributed by atoms with van der Waals surface area (Å²) >= 11 is 0. The molecule has 1 aliphatic rings. The van der Waals surface area contributed by atoms with Crippen LogP contribution in [0.1, 0.15) is 0 Å². The summed E-state index contributed by atoms with van der Waals surface area (Å²) in [5, 5.41) is 0.410. The van der Waals surface area contributed by atoms with Crippen LogP contribution < -0.4 is 15.0 Å². The molecule has 0 N–H and O–H groups in total. The van der Waals surface area contributed by atoms with Crippen molar-refractivity contribution in [2.24, 2.45) is 0 Å². The van der Waals surface area contributed by atoms with Gasteiger partial charge in [0.2, 0.25) is 6.79 Å². The summed E-state index contributed by atoms with van der Waals surface area (Å²) in [6, 6.07) is 22.6. The minimum Gasteiger partial charge on any atom is -0.454 e. The van der Waals surface area contributed by atoms with Crippen molar-refractivity contribution in [3.63, 3.8) is 0 Å². The van der Waals surface area contributed by atoms with Gasteiger partial charge in [0.25, 0.3) is 5.56 Å². The fraction of sp³-hybridized carbons (Fsp3) is 0.0400. The van der Waals surface area contributed by atoms with Crippen LogP contribution in [0.2, 0.25) is 0 Å². The first-order valence-corrected chi connectivity index (χ1v) is 10.4. The SMILES string of the molecule is O=c1c2c3nc4ccccc4nc3n(-c3ccc4c(c3)OCO4)c2ncn1-c1ccccc1. The highest BCUT2D eigenvalue weighted by atomic mass is 16.7. The van der Waals surface area contributed by atoms with Crippen LogP contribution in [0.15, 0.2) is 83.9 Å². The molecule has 3 aromatic carbocycles. The van der Waals surface area contributed by atoms with Gasteiger partial charge in [-0.2, -0.15) is 0 Å². The molecule has 4 heterocycles. The molecule has 8 heteroatoms. The standard InChI is InChI=1S/C25H15N5O3/c31-25-21-22-24(28-18-9-5-4-8-17(18)27-22)30(16-10-11-19-20(12-16)33-14-32-19)23(21)26-13-29(25)15-6-2-1-3-7-15/h1-13H,14H2. The fourth-order valence-corrected chi connectivity index (χ4v) is 4.28. The van der Waals surface area contributed by atoms with E-state index in [9.17, 15) is 4.79 Å². The minimum atomic E-state index is -0.208. The lowest BCUT2D eigenvalue weighted by molar-refractivity contribution is 0.174. The molecule has 0 saturated heterocycles. The Bertz CT molecular complexity index is 1770. The van der Waals surface area contributed by atoms with Gasteiger partial charge in [-0.05, 0) is 36.4 Å². The zero-order valence-corrected chi connectivity index (χ0v) is 17.2. The van der Waals surface area contributed by atoms with Crippen LogP contribution in [-0.2, 0) is 0 Å². The normalized spacial score (nSPS) is 12.7. The zero-order chi connectivity index (χ0) is 21.9. The van der Waals surface area contributed by atoms with Crippen LogP contribution in [0.3, 0.4) is 0 Å². The first-order chi connectivity index (χ1) is 16.3. The highest BCUT2D eigenvalue weighted by Gasteiger charge is 2.23. The van der Waals surface area contributed by atoms with Crippen molar-refractivity contribution in [1.29, 1.82) is 0 Å². The predicted octanol–water partition coefficient (Wildman–Crippen LogP) is 4.00. The van der Waals surface area contributed by atoms with Crippen molar-refractivity contribution in [2.45, 2.75) is 0 Å². The van der Waals surface area contributed by atoms with E-state index < -0.39 is 0 Å². The lowest BCUT2D eigenvalue weighted by Crippen LogP contribution is -2.18. The molecular weight excluding hydrogens is 418 g/mol. The van der Waals surface area contributed by atoms with Crippen molar-refractivity contribution in [3.8, 4) is 22.9 Å². The number of fused-ring (bicyclic) bond motifs is 5. The van der Waals surface area contributed by atoms with Crippen molar-refractivity contribution in [1.82, 2.24) is 24.1 Å². The van der Waals surface area contributed by atoms with Gasteiger partial charge in [0.1, 0.15) is 17.2 Å². The predicted molar refractivity (Wildman–Crippen MR) is 123 cm³/mol. The summed E-state index contributed by atoms with van der Waals surface area (Å²) in [4.78, 5) is 28.1. The molecule has 158 valence electrons. The third-order valence-corrected chi connectivity index (χ3v) is 5.81. The Balaban J connectivity index is 1.63. The molecule has 1 aliphatic heterocycles. The van der Waals surface area contributed by atoms with Crippen LogP contribution in [0.4, 0.5) is 0 Å². The van der Waals surface area contributed by atoms with Crippen LogP contribution in [0.25, 0.3) is 44.6 Å². The lowest BCUT2D eigenvalue weighted by Gasteiger charge is -2.08. The van der Waals surface area contributed by atoms with Gasteiger partial charge in [-0.1, -0.05) is 30.3 Å². The van der Waals surface area contributed by atoms with Gasteiger partial charge in [-0.25, -0.2) is 15.0 Å². The van der Waals surface area contributed by atoms with Crippen LogP contribution in [0, 0.1) is 0 Å². The average molecular weight is 433 g/mol. The lowest BCUT2D eigenvalue weighted by atomic mass is 10.2. The average Bonchev–Trinajstić information content (AvgIpc) is 3.45. The molecule has 0 unspecified atom stereocenters. The quantitative estimate of drug-likeness (QED) is 0.410. The summed E-state index contributed by atoms with van der Waals surface area (Å²) in [6.45, 7) is 0.177. The van der Waals surface area contributed by atoms with Gasteiger partial charge in [0.05, 0.1) is 22.4 Å². The molecule has 6 aromatic rings. The maximum absolute atomic E-state index is 13.7. The van der Waals surface area contributed by atoms with Crippen molar-refractivity contribution >= 4 is 33.2 Å². The summed E-state index contributed by atoms with van der Waals surface area (Å²) in [5.74, 6) is 1.31. The van der Waals surface area contributed by atoms with Crippen molar-refractivity contribution in [2.75, 3.05) is 6.79 Å². The van der Waals surface area contributed by atoms with Gasteiger partial charge in [0, 0.05) is 6.07 Å². The molecule has 0 spiro atoms. The molecule has 33 heavy (non-hydrogen) atoms. The van der Waals surface area contributed by atoms with E-state index in [-0.39, 0.29) is 12.4 Å². The van der Waals surface area contributed by atoms with Crippen LogP contribution >= 0.6 is 0 Å². The monoisotopic (exact) mass is 433 g/mol. The van der Waals surface area contributed by atoms with E-state index in [1.54, 1.807) is 6.33 Å². The van der Waals surface area contributed by atoms with E-state index >= 15 is 0 Å². The maximum atomic E-state index is 13.7. The van der Waals surface area contributed by atoms with Gasteiger partial charge in [-0.15, -0.1) is 0 Å². The van der Waals surface area contributed by atoms with Crippen LogP contribution in [-0.4, -0.2) is 30.9 Å². The van der Waals surface area contributed by atoms with Crippen molar-refractivity contribution in [3.05, 3.63) is 89.5 Å². The molecule has 0 saturated carbocycles. The smallest absolute Gasteiger partial charge is 0.269 e. The van der Waals surface area contributed by atoms with Gasteiger partial charge in [0.15, 0.2) is 22.8 Å². The fourth-order valence-electron chi connectivity index (χ4n) is 4.28. The molecule has 7 rings (SSSR count). The highest BCUT2D eigenvalue weighted by Crippen LogP contribution is 2.36. The van der Waals surface area contributed by atoms with E-state index in [1.807, 2.05) is 77.4 Å². The van der Waals surface area contributed by atoms with Gasteiger partial charge >= 0.3 is 0 Å². The third-order valence-electron chi connectivity index (χ3n) is 5.81. The number of hydrogen-bond acceptors (Lipinski definition) is 6. The minimum absolute atomic E-state index is 0.177. The number of benzene rings is 3. The number of para-hydroxylation sites is 3. The second kappa shape index (κ2) is 6.64. The zero-order valence-electron chi connectivity index (χ0n) is 17.2. The molecule has 0 fully saturated rings. The van der Waals surface area contributed by atoms with Crippen LogP contribution in [0.5, 0.6) is 11.5 Å². The number of ether oxygens (including phenoxy) is 2. The first-order valence-electron chi connectivity index (χ1n) is 10.4. The van der Waals surface area contributed by atoms with Gasteiger partial charge in [-0.3, -0.25) is 13.9 Å². The molecule has 0 bridgehead atoms. The Hall–Kier alpha value is -4.72. The maximum Gasteiger partial charge on any atom is 0.269 e. The largest absolute Gasteiger partial charge is 0.454 e. The van der Waals surface area contributed by atoms with E-state index in [2.05, 4.69) is 4.98 Å². The Labute approximate surface area is 186 Å². The Morgan fingerprint density at radius 1 is 0.758 bits per heavy atom. The summed E-state index contributed by atoms with van der Waals surface area (Å²) < 4.78 is 14.4. The molecule has 0 atom stereocenters. The second-order valence-corrected chi connectivity index (χ2v) is 7.71. The second-order valence-electron chi connectivity index (χ2n) is 7.71. The Morgan fingerprint density at radius 3 is 2.36 bits per heavy atom. The van der Waals surface area contributed by atoms with Crippen molar-refractivity contribution < 1.29 is 9.47 Å². The topological polar surface area (TPSA) is 84.1 Å². The Morgan fingerprint density at radius 2 is 1.52 bits per heavy atom. The number of rotatable bonds is 2. The van der Waals surface area contributed by atoms with E-state index in [1.165, 1.54) is 4.57 Å². The molecular formula is C25H15N5O3. The number of nitrogens with zero attached hydrogens (tertiary/aromatic N) is 5. The number of hydrogen-bond donors (Lipinski definition) is 0. The van der Waals surface area contributed by atoms with E-state index in [0.717, 1.165) is 16.9 Å². The Kier molecular flexibility index (Phi) is 3.60. The highest BCUT2D eigenvalue weighted by molar-refractivity contribution is 6.05. The summed E-state index contributed by atoms with van der Waals surface area (Å²) in [7, 11) is 0. The first kappa shape index (κ1) is 17.9. The molecule has 0 aliphatic carbocycles. The summed E-state index contributed by atoms with van der Waals surface area (Å²) in [6.07, 6.45) is 1.54. The molecule has 8 nitrogen and oxygen atoms in total. The van der Waals surface area contributed by atoms with E-state index in [4.69, 9.17) is 19.4 Å². The summed E-state index contributed by atoms with van der Waals surface area (Å²) in [5.41, 5.74) is 4.27. The van der Waals surface area contributed by atoms with Gasteiger partial charge < -0.3 is 9.47 Å².